The normalized spacial score (nSPS) is 14.7. The van der Waals surface area contributed by atoms with Crippen LogP contribution in [0.2, 0.25) is 0 Å². The summed E-state index contributed by atoms with van der Waals surface area (Å²) in [6.07, 6.45) is 1.15. The van der Waals surface area contributed by atoms with Crippen molar-refractivity contribution in [2.45, 2.75) is 12.5 Å². The van der Waals surface area contributed by atoms with Crippen molar-refractivity contribution in [3.8, 4) is 0 Å². The van der Waals surface area contributed by atoms with Crippen LogP contribution in [0.1, 0.15) is 12.0 Å². The quantitative estimate of drug-likeness (QED) is 0.297. The van der Waals surface area contributed by atoms with E-state index in [0.29, 0.717) is 0 Å². The molecule has 20 heavy (non-hydrogen) atoms. The summed E-state index contributed by atoms with van der Waals surface area (Å²) in [5, 5.41) is 10.8. The van der Waals surface area contributed by atoms with Crippen molar-refractivity contribution in [2.75, 3.05) is 12.8 Å². The van der Waals surface area contributed by atoms with Crippen molar-refractivity contribution in [3.05, 3.63) is 35.9 Å². The zero-order valence-electron chi connectivity index (χ0n) is 12.0. The maximum Gasteiger partial charge on any atom is 1.00 e. The molecule has 2 unspecified atom stereocenters. The molecule has 0 aromatic heterocycles. The topological polar surface area (TPSA) is 92.6 Å². The fraction of sp³-hybridized carbons (Fsp3) is 0.333. The van der Waals surface area contributed by atoms with Gasteiger partial charge in [-0.25, -0.2) is 0 Å². The van der Waals surface area contributed by atoms with Crippen LogP contribution in [-0.2, 0) is 9.36 Å². The van der Waals surface area contributed by atoms with Crippen LogP contribution in [0.5, 0.6) is 0 Å². The molecular formula is C12H14NNa2O4P. The number of carboxylic acids is 1. The van der Waals surface area contributed by atoms with E-state index in [-0.39, 0.29) is 71.7 Å². The largest absolute Gasteiger partial charge is 1.00 e. The van der Waals surface area contributed by atoms with E-state index in [9.17, 15) is 19.4 Å². The molecule has 8 heteroatoms. The summed E-state index contributed by atoms with van der Waals surface area (Å²) in [4.78, 5) is 25.7. The minimum atomic E-state index is -3.47. The Morgan fingerprint density at radius 1 is 1.35 bits per heavy atom. The molecule has 0 heterocycles. The first-order valence-electron chi connectivity index (χ1n) is 5.45. The van der Waals surface area contributed by atoms with E-state index in [1.807, 2.05) is 6.07 Å². The molecule has 0 saturated heterocycles. The van der Waals surface area contributed by atoms with Crippen molar-refractivity contribution in [1.82, 2.24) is 0 Å². The molecule has 98 valence electrons. The SMILES string of the molecule is CP(=O)([O-])CCC(N=Cc1ccccc1)C(=O)[O-].[Na+].[Na+]. The molecule has 1 rings (SSSR count). The van der Waals surface area contributed by atoms with Gasteiger partial charge in [0.25, 0.3) is 0 Å². The number of benzene rings is 1. The Labute approximate surface area is 162 Å². The Morgan fingerprint density at radius 2 is 1.90 bits per heavy atom. The molecule has 0 spiro atoms. The number of hydrogen-bond donors (Lipinski definition) is 0. The van der Waals surface area contributed by atoms with E-state index in [0.717, 1.165) is 12.2 Å². The Hall–Kier alpha value is 0.550. The van der Waals surface area contributed by atoms with Gasteiger partial charge in [-0.3, -0.25) is 4.99 Å². The third-order valence-electron chi connectivity index (χ3n) is 2.28. The van der Waals surface area contributed by atoms with Gasteiger partial charge >= 0.3 is 59.1 Å². The smallest absolute Gasteiger partial charge is 0.799 e. The predicted molar refractivity (Wildman–Crippen MR) is 65.8 cm³/mol. The first-order chi connectivity index (χ1) is 8.38. The molecule has 1 aromatic carbocycles. The monoisotopic (exact) mass is 313 g/mol. The first kappa shape index (κ1) is 22.8. The predicted octanol–water partition coefficient (Wildman–Crippen LogP) is -6.11. The van der Waals surface area contributed by atoms with Crippen molar-refractivity contribution in [3.63, 3.8) is 0 Å². The third-order valence-corrected chi connectivity index (χ3v) is 3.35. The number of rotatable bonds is 6. The average Bonchev–Trinajstić information content (AvgIpc) is 2.28. The Morgan fingerprint density at radius 3 is 2.35 bits per heavy atom. The van der Waals surface area contributed by atoms with Crippen LogP contribution in [-0.4, -0.2) is 31.1 Å². The molecular weight excluding hydrogens is 299 g/mol. The second-order valence-electron chi connectivity index (χ2n) is 4.05. The summed E-state index contributed by atoms with van der Waals surface area (Å²) >= 11 is 0. The first-order valence-corrected chi connectivity index (χ1v) is 7.71. The fourth-order valence-corrected chi connectivity index (χ4v) is 2.04. The molecule has 0 aliphatic rings. The van der Waals surface area contributed by atoms with Gasteiger partial charge in [0.05, 0.1) is 12.0 Å². The summed E-state index contributed by atoms with van der Waals surface area (Å²) in [7, 11) is -3.47. The van der Waals surface area contributed by atoms with Crippen molar-refractivity contribution in [1.29, 1.82) is 0 Å². The van der Waals surface area contributed by atoms with Gasteiger partial charge in [-0.2, -0.15) is 0 Å². The molecule has 0 N–H and O–H groups in total. The minimum Gasteiger partial charge on any atom is -0.799 e. The Balaban J connectivity index is 0. The van der Waals surface area contributed by atoms with E-state index >= 15 is 0 Å². The van der Waals surface area contributed by atoms with Gasteiger partial charge in [0.2, 0.25) is 0 Å². The molecule has 0 radical (unpaired) electrons. The third kappa shape index (κ3) is 10.3. The van der Waals surface area contributed by atoms with Gasteiger partial charge in [0.1, 0.15) is 0 Å². The molecule has 0 aliphatic heterocycles. The van der Waals surface area contributed by atoms with Crippen molar-refractivity contribution >= 4 is 19.6 Å². The number of aliphatic imine (C=N–C) groups is 1. The second kappa shape index (κ2) is 11.2. The van der Waals surface area contributed by atoms with Crippen LogP contribution in [0.3, 0.4) is 0 Å². The summed E-state index contributed by atoms with van der Waals surface area (Å²) in [5.41, 5.74) is 0.755. The summed E-state index contributed by atoms with van der Waals surface area (Å²) < 4.78 is 11.0. The van der Waals surface area contributed by atoms with Gasteiger partial charge < -0.3 is 19.4 Å². The fourth-order valence-electron chi connectivity index (χ4n) is 1.33. The molecule has 0 amide bonds. The number of carbonyl (C=O) groups excluding carboxylic acids is 1. The molecule has 0 bridgehead atoms. The summed E-state index contributed by atoms with van der Waals surface area (Å²) in [6, 6.07) is 7.84. The number of aliphatic carboxylic acids is 1. The van der Waals surface area contributed by atoms with Crippen LogP contribution < -0.4 is 69.1 Å². The van der Waals surface area contributed by atoms with Crippen LogP contribution in [0.25, 0.3) is 0 Å². The Bertz CT molecular complexity index is 476. The number of carbonyl (C=O) groups is 1. The maximum absolute atomic E-state index is 11.0. The van der Waals surface area contributed by atoms with Crippen LogP contribution >= 0.6 is 7.37 Å². The van der Waals surface area contributed by atoms with Crippen LogP contribution in [0, 0.1) is 0 Å². The van der Waals surface area contributed by atoms with Crippen LogP contribution in [0.4, 0.5) is 0 Å². The molecule has 0 saturated carbocycles. The average molecular weight is 313 g/mol. The summed E-state index contributed by atoms with van der Waals surface area (Å²) in [6.45, 7) is 1.08. The van der Waals surface area contributed by atoms with E-state index in [4.69, 9.17) is 0 Å². The van der Waals surface area contributed by atoms with E-state index in [1.165, 1.54) is 6.21 Å². The molecule has 5 nitrogen and oxygen atoms in total. The van der Waals surface area contributed by atoms with Gasteiger partial charge in [-0.05, 0) is 24.8 Å². The minimum absolute atomic E-state index is 0. The second-order valence-corrected chi connectivity index (χ2v) is 6.53. The zero-order chi connectivity index (χ0) is 13.6. The number of nitrogens with zero attached hydrogens (tertiary/aromatic N) is 1. The number of carboxylic acid groups (broad SMARTS) is 1. The van der Waals surface area contributed by atoms with E-state index in [2.05, 4.69) is 4.99 Å². The Kier molecular flexibility index (Phi) is 12.7. The molecule has 1 aromatic rings. The van der Waals surface area contributed by atoms with Gasteiger partial charge in [0.15, 0.2) is 0 Å². The summed E-state index contributed by atoms with van der Waals surface area (Å²) in [5.74, 6) is -1.37. The maximum atomic E-state index is 11.0. The standard InChI is InChI=1S/C12H16NO4P.2Na/c1-18(16,17)8-7-11(12(14)15)13-9-10-5-3-2-4-6-10;;/h2-6,9,11H,7-8H2,1H3,(H,14,15)(H,16,17);;/q;2*+1/p-2. The molecule has 0 fully saturated rings. The molecule has 0 aliphatic carbocycles. The number of hydrogen-bond acceptors (Lipinski definition) is 5. The van der Waals surface area contributed by atoms with E-state index < -0.39 is 19.4 Å². The van der Waals surface area contributed by atoms with Crippen molar-refractivity contribution in [2.24, 2.45) is 4.99 Å². The van der Waals surface area contributed by atoms with E-state index in [1.54, 1.807) is 24.3 Å². The van der Waals surface area contributed by atoms with Gasteiger partial charge in [0, 0.05) is 13.6 Å². The van der Waals surface area contributed by atoms with Gasteiger partial charge in [-0.1, -0.05) is 30.3 Å². The zero-order valence-corrected chi connectivity index (χ0v) is 16.9. The molecule has 2 atom stereocenters. The van der Waals surface area contributed by atoms with Crippen molar-refractivity contribution < 1.29 is 78.5 Å². The van der Waals surface area contributed by atoms with Gasteiger partial charge in [-0.15, -0.1) is 0 Å². The van der Waals surface area contributed by atoms with Crippen LogP contribution in [0.15, 0.2) is 35.3 Å².